The van der Waals surface area contributed by atoms with E-state index in [1.165, 1.54) is 0 Å². The molecule has 0 bridgehead atoms. The van der Waals surface area contributed by atoms with Crippen LogP contribution in [0.4, 0.5) is 11.4 Å². The minimum Gasteiger partial charge on any atom is -0.364 e. The SMILES string of the molecule is CC(C)(C)N1CCC(=O)Nc2c(Cl)cccc21. The lowest BCUT2D eigenvalue weighted by atomic mass is 10.0. The highest BCUT2D eigenvalue weighted by atomic mass is 35.5. The molecule has 1 heterocycles. The monoisotopic (exact) mass is 252 g/mol. The topological polar surface area (TPSA) is 32.3 Å². The molecule has 0 atom stereocenters. The van der Waals surface area contributed by atoms with Gasteiger partial charge in [-0.1, -0.05) is 17.7 Å². The Kier molecular flexibility index (Phi) is 3.04. The first-order valence-corrected chi connectivity index (χ1v) is 6.13. The molecule has 2 rings (SSSR count). The molecule has 0 unspecified atom stereocenters. The number of nitrogens with zero attached hydrogens (tertiary/aromatic N) is 1. The van der Waals surface area contributed by atoms with Crippen LogP contribution in [-0.4, -0.2) is 18.0 Å². The van der Waals surface area contributed by atoms with Crippen LogP contribution in [0.2, 0.25) is 5.02 Å². The number of nitrogens with one attached hydrogen (secondary N) is 1. The predicted molar refractivity (Wildman–Crippen MR) is 71.8 cm³/mol. The molecule has 0 aliphatic carbocycles. The largest absolute Gasteiger partial charge is 0.364 e. The van der Waals surface area contributed by atoms with Crippen molar-refractivity contribution < 1.29 is 4.79 Å². The molecule has 1 N–H and O–H groups in total. The van der Waals surface area contributed by atoms with Gasteiger partial charge in [-0.05, 0) is 32.9 Å². The fourth-order valence-corrected chi connectivity index (χ4v) is 2.31. The van der Waals surface area contributed by atoms with E-state index in [0.29, 0.717) is 18.0 Å². The molecular weight excluding hydrogens is 236 g/mol. The van der Waals surface area contributed by atoms with Crippen molar-refractivity contribution in [2.75, 3.05) is 16.8 Å². The maximum Gasteiger partial charge on any atom is 0.226 e. The number of rotatable bonds is 0. The summed E-state index contributed by atoms with van der Waals surface area (Å²) >= 11 is 6.15. The lowest BCUT2D eigenvalue weighted by molar-refractivity contribution is -0.116. The zero-order chi connectivity index (χ0) is 12.6. The van der Waals surface area contributed by atoms with E-state index < -0.39 is 0 Å². The third-order valence-electron chi connectivity index (χ3n) is 2.92. The number of benzene rings is 1. The maximum absolute atomic E-state index is 11.7. The molecule has 1 amide bonds. The quantitative estimate of drug-likeness (QED) is 0.769. The number of hydrogen-bond donors (Lipinski definition) is 1. The highest BCUT2D eigenvalue weighted by molar-refractivity contribution is 6.34. The smallest absolute Gasteiger partial charge is 0.226 e. The Hall–Kier alpha value is -1.22. The molecule has 0 aromatic heterocycles. The molecular formula is C13H17ClN2O. The van der Waals surface area contributed by atoms with Crippen molar-refractivity contribution in [2.45, 2.75) is 32.7 Å². The third-order valence-corrected chi connectivity index (χ3v) is 3.23. The Morgan fingerprint density at radius 2 is 2.06 bits per heavy atom. The second kappa shape index (κ2) is 4.22. The van der Waals surface area contributed by atoms with E-state index in [9.17, 15) is 4.79 Å². The van der Waals surface area contributed by atoms with Gasteiger partial charge in [0.15, 0.2) is 0 Å². The molecule has 4 heteroatoms. The van der Waals surface area contributed by atoms with E-state index in [2.05, 4.69) is 31.0 Å². The highest BCUT2D eigenvalue weighted by Crippen LogP contribution is 2.38. The molecule has 1 aromatic carbocycles. The van der Waals surface area contributed by atoms with Gasteiger partial charge in [0.05, 0.1) is 16.4 Å². The van der Waals surface area contributed by atoms with E-state index in [4.69, 9.17) is 11.6 Å². The molecule has 17 heavy (non-hydrogen) atoms. The van der Waals surface area contributed by atoms with Crippen LogP contribution in [0, 0.1) is 0 Å². The first-order valence-electron chi connectivity index (χ1n) is 5.75. The summed E-state index contributed by atoms with van der Waals surface area (Å²) < 4.78 is 0. The summed E-state index contributed by atoms with van der Waals surface area (Å²) in [6.45, 7) is 7.11. The van der Waals surface area contributed by atoms with Gasteiger partial charge < -0.3 is 10.2 Å². The second-order valence-electron chi connectivity index (χ2n) is 5.25. The minimum atomic E-state index is -0.0360. The van der Waals surface area contributed by atoms with Crippen molar-refractivity contribution in [2.24, 2.45) is 0 Å². The molecule has 1 aliphatic heterocycles. The van der Waals surface area contributed by atoms with Crippen LogP contribution in [0.1, 0.15) is 27.2 Å². The number of fused-ring (bicyclic) bond motifs is 1. The van der Waals surface area contributed by atoms with Crippen molar-refractivity contribution in [1.82, 2.24) is 0 Å². The van der Waals surface area contributed by atoms with E-state index in [0.717, 1.165) is 11.4 Å². The first-order chi connectivity index (χ1) is 7.89. The summed E-state index contributed by atoms with van der Waals surface area (Å²) in [5.41, 5.74) is 1.69. The van der Waals surface area contributed by atoms with E-state index in [1.54, 1.807) is 6.07 Å². The molecule has 0 radical (unpaired) electrons. The van der Waals surface area contributed by atoms with Crippen molar-refractivity contribution in [3.8, 4) is 0 Å². The van der Waals surface area contributed by atoms with Gasteiger partial charge in [0.2, 0.25) is 5.91 Å². The molecule has 0 spiro atoms. The average Bonchev–Trinajstić information content (AvgIpc) is 2.37. The minimum absolute atomic E-state index is 0.0195. The number of carbonyl (C=O) groups is 1. The number of halogens is 1. The van der Waals surface area contributed by atoms with Gasteiger partial charge in [-0.15, -0.1) is 0 Å². The van der Waals surface area contributed by atoms with Crippen molar-refractivity contribution in [3.05, 3.63) is 23.2 Å². The summed E-state index contributed by atoms with van der Waals surface area (Å²) in [4.78, 5) is 13.9. The molecule has 3 nitrogen and oxygen atoms in total. The second-order valence-corrected chi connectivity index (χ2v) is 5.66. The third kappa shape index (κ3) is 2.39. The Balaban J connectivity index is 2.54. The highest BCUT2D eigenvalue weighted by Gasteiger charge is 2.28. The summed E-state index contributed by atoms with van der Waals surface area (Å²) in [6, 6.07) is 5.71. The zero-order valence-corrected chi connectivity index (χ0v) is 11.1. The summed E-state index contributed by atoms with van der Waals surface area (Å²) in [5.74, 6) is 0.0195. The lowest BCUT2D eigenvalue weighted by Gasteiger charge is -2.37. The van der Waals surface area contributed by atoms with Gasteiger partial charge in [-0.25, -0.2) is 0 Å². The van der Waals surface area contributed by atoms with Crippen LogP contribution in [0.15, 0.2) is 18.2 Å². The number of anilines is 2. The van der Waals surface area contributed by atoms with E-state index in [1.807, 2.05) is 12.1 Å². The van der Waals surface area contributed by atoms with Gasteiger partial charge in [0, 0.05) is 18.5 Å². The fraction of sp³-hybridized carbons (Fsp3) is 0.462. The van der Waals surface area contributed by atoms with Crippen LogP contribution in [0.25, 0.3) is 0 Å². The normalized spacial score (nSPS) is 16.2. The van der Waals surface area contributed by atoms with Gasteiger partial charge in [0.1, 0.15) is 0 Å². The number of amides is 1. The van der Waals surface area contributed by atoms with E-state index in [-0.39, 0.29) is 11.4 Å². The lowest BCUT2D eigenvalue weighted by Crippen LogP contribution is -2.42. The average molecular weight is 253 g/mol. The number of para-hydroxylation sites is 1. The van der Waals surface area contributed by atoms with Crippen molar-refractivity contribution in [1.29, 1.82) is 0 Å². The van der Waals surface area contributed by atoms with Gasteiger partial charge in [-0.3, -0.25) is 4.79 Å². The molecule has 1 aromatic rings. The summed E-state index contributed by atoms with van der Waals surface area (Å²) in [6.07, 6.45) is 0.488. The Bertz CT molecular complexity index is 451. The summed E-state index contributed by atoms with van der Waals surface area (Å²) in [5, 5.41) is 3.47. The van der Waals surface area contributed by atoms with Crippen molar-refractivity contribution in [3.63, 3.8) is 0 Å². The van der Waals surface area contributed by atoms with Crippen LogP contribution in [0.5, 0.6) is 0 Å². The number of hydrogen-bond acceptors (Lipinski definition) is 2. The molecule has 1 aliphatic rings. The molecule has 0 saturated carbocycles. The van der Waals surface area contributed by atoms with E-state index >= 15 is 0 Å². The number of carbonyl (C=O) groups excluding carboxylic acids is 1. The standard InChI is InChI=1S/C13H17ClN2O/c1-13(2,3)16-8-7-11(17)15-12-9(14)5-4-6-10(12)16/h4-6H,7-8H2,1-3H3,(H,15,17). The Morgan fingerprint density at radius 1 is 1.35 bits per heavy atom. The van der Waals surface area contributed by atoms with Gasteiger partial charge in [0.25, 0.3) is 0 Å². The summed E-state index contributed by atoms with van der Waals surface area (Å²) in [7, 11) is 0. The fourth-order valence-electron chi connectivity index (χ4n) is 2.09. The predicted octanol–water partition coefficient (Wildman–Crippen LogP) is 3.29. The van der Waals surface area contributed by atoms with Crippen molar-refractivity contribution >= 4 is 28.9 Å². The Morgan fingerprint density at radius 3 is 2.71 bits per heavy atom. The van der Waals surface area contributed by atoms with Crippen LogP contribution in [-0.2, 0) is 4.79 Å². The zero-order valence-electron chi connectivity index (χ0n) is 10.4. The maximum atomic E-state index is 11.7. The van der Waals surface area contributed by atoms with Crippen LogP contribution >= 0.6 is 11.6 Å². The van der Waals surface area contributed by atoms with Gasteiger partial charge >= 0.3 is 0 Å². The molecule has 0 saturated heterocycles. The first kappa shape index (κ1) is 12.2. The molecule has 92 valence electrons. The van der Waals surface area contributed by atoms with Gasteiger partial charge in [-0.2, -0.15) is 0 Å². The molecule has 0 fully saturated rings. The van der Waals surface area contributed by atoms with Crippen LogP contribution in [0.3, 0.4) is 0 Å². The van der Waals surface area contributed by atoms with Crippen LogP contribution < -0.4 is 10.2 Å². The Labute approximate surface area is 107 Å².